The van der Waals surface area contributed by atoms with Crippen LogP contribution >= 0.6 is 12.2 Å². The van der Waals surface area contributed by atoms with Crippen LogP contribution in [0.1, 0.15) is 0 Å². The van der Waals surface area contributed by atoms with E-state index >= 15 is 0 Å². The van der Waals surface area contributed by atoms with Gasteiger partial charge in [-0.25, -0.2) is 10.1 Å². The van der Waals surface area contributed by atoms with Gasteiger partial charge in [0.2, 0.25) is 0 Å². The maximum atomic E-state index is 9.50. The Kier molecular flexibility index (Phi) is 3.00. The summed E-state index contributed by atoms with van der Waals surface area (Å²) < 4.78 is 3.84. The summed E-state index contributed by atoms with van der Waals surface area (Å²) in [5.41, 5.74) is 1.45. The Labute approximate surface area is 55.1 Å². The molecule has 0 saturated carbocycles. The average Bonchev–Trinajstić information content (AvgIpc) is 1.63. The predicted octanol–water partition coefficient (Wildman–Crippen LogP) is -0.450. The number of ether oxygens (including phenoxy) is 1. The van der Waals surface area contributed by atoms with E-state index < -0.39 is 10.2 Å². The molecule has 0 radical (unpaired) electrons. The third-order valence-electron chi connectivity index (χ3n) is 0.321. The van der Waals surface area contributed by atoms with Crippen molar-refractivity contribution in [1.29, 1.82) is 5.26 Å². The molecule has 0 spiro atoms. The maximum absolute atomic E-state index is 9.50. The first-order valence-electron chi connectivity index (χ1n) is 1.67. The Morgan fingerprint density at radius 2 is 2.56 bits per heavy atom. The molecule has 1 N–H and O–H groups in total. The molecular formula is C2HN3O3S. The van der Waals surface area contributed by atoms with Crippen molar-refractivity contribution in [1.82, 2.24) is 5.43 Å². The molecule has 0 fully saturated rings. The van der Waals surface area contributed by atoms with Crippen LogP contribution in [0.15, 0.2) is 0 Å². The molecule has 0 aliphatic heterocycles. The fourth-order valence-corrected chi connectivity index (χ4v) is 0.251. The second kappa shape index (κ2) is 3.57. The van der Waals surface area contributed by atoms with Gasteiger partial charge in [-0.1, -0.05) is 5.43 Å². The zero-order valence-electron chi connectivity index (χ0n) is 4.03. The van der Waals surface area contributed by atoms with E-state index in [1.807, 2.05) is 0 Å². The third-order valence-corrected chi connectivity index (χ3v) is 0.496. The van der Waals surface area contributed by atoms with Crippen LogP contribution in [0.5, 0.6) is 0 Å². The SMILES string of the molecule is N#COC(=S)N[N+](=O)[O-]. The standard InChI is InChI=1S/C2HN3O3S/c3-1-8-2(9)4-5(6)7/h(H,4,9). The average molecular weight is 147 g/mol. The van der Waals surface area contributed by atoms with Crippen molar-refractivity contribution in [3.05, 3.63) is 10.1 Å². The fourth-order valence-electron chi connectivity index (χ4n) is 0.139. The van der Waals surface area contributed by atoms with E-state index in [9.17, 15) is 10.1 Å². The molecule has 0 aromatic rings. The summed E-state index contributed by atoms with van der Waals surface area (Å²) >= 11 is 4.13. The number of nitrogens with zero attached hydrogens (tertiary/aromatic N) is 2. The molecule has 0 bridgehead atoms. The van der Waals surface area contributed by atoms with Crippen molar-refractivity contribution in [3.8, 4) is 6.26 Å². The normalized spacial score (nSPS) is 7.00. The van der Waals surface area contributed by atoms with Crippen LogP contribution in [0.4, 0.5) is 0 Å². The summed E-state index contributed by atoms with van der Waals surface area (Å²) in [5.74, 6) is 0. The molecule has 0 heterocycles. The Morgan fingerprint density at radius 1 is 2.00 bits per heavy atom. The van der Waals surface area contributed by atoms with Gasteiger partial charge in [-0.15, -0.1) is 5.26 Å². The smallest absolute Gasteiger partial charge is 0.333 e. The van der Waals surface area contributed by atoms with Crippen LogP contribution in [0.3, 0.4) is 0 Å². The van der Waals surface area contributed by atoms with Gasteiger partial charge in [0.05, 0.1) is 0 Å². The monoisotopic (exact) mass is 147 g/mol. The van der Waals surface area contributed by atoms with E-state index in [1.165, 1.54) is 5.43 Å². The second-order valence-electron chi connectivity index (χ2n) is 0.850. The van der Waals surface area contributed by atoms with Gasteiger partial charge in [-0.05, 0) is 12.2 Å². The molecule has 0 saturated heterocycles. The zero-order valence-corrected chi connectivity index (χ0v) is 4.84. The molecule has 0 amide bonds. The predicted molar refractivity (Wildman–Crippen MR) is 29.4 cm³/mol. The van der Waals surface area contributed by atoms with Crippen LogP contribution in [0.2, 0.25) is 0 Å². The minimum atomic E-state index is -0.917. The lowest BCUT2D eigenvalue weighted by molar-refractivity contribution is -0.526. The quantitative estimate of drug-likeness (QED) is 0.234. The highest BCUT2D eigenvalue weighted by atomic mass is 32.1. The summed E-state index contributed by atoms with van der Waals surface area (Å²) in [7, 11) is 0. The van der Waals surface area contributed by atoms with Gasteiger partial charge in [0.1, 0.15) is 0 Å². The van der Waals surface area contributed by atoms with Gasteiger partial charge in [-0.2, -0.15) is 0 Å². The highest BCUT2D eigenvalue weighted by molar-refractivity contribution is 7.80. The molecule has 9 heavy (non-hydrogen) atoms. The summed E-state index contributed by atoms with van der Waals surface area (Å²) in [4.78, 5) is 9.50. The lowest BCUT2D eigenvalue weighted by Crippen LogP contribution is -2.28. The summed E-state index contributed by atoms with van der Waals surface area (Å²) in [5, 5.41) is 15.7. The van der Waals surface area contributed by atoms with E-state index in [1.54, 1.807) is 0 Å². The van der Waals surface area contributed by atoms with Crippen molar-refractivity contribution >= 4 is 17.4 Å². The van der Waals surface area contributed by atoms with E-state index in [0.29, 0.717) is 0 Å². The Balaban J connectivity index is 3.54. The zero-order chi connectivity index (χ0) is 7.28. The molecule has 0 atom stereocenters. The van der Waals surface area contributed by atoms with Crippen molar-refractivity contribution in [2.45, 2.75) is 0 Å². The van der Waals surface area contributed by atoms with Crippen molar-refractivity contribution in [3.63, 3.8) is 0 Å². The van der Waals surface area contributed by atoms with E-state index in [-0.39, 0.29) is 0 Å². The topological polar surface area (TPSA) is 88.2 Å². The first kappa shape index (κ1) is 7.58. The molecule has 0 aromatic heterocycles. The molecule has 0 rings (SSSR count). The number of hydrogen-bond acceptors (Lipinski definition) is 5. The molecular weight excluding hydrogens is 146 g/mol. The second-order valence-corrected chi connectivity index (χ2v) is 1.22. The largest absolute Gasteiger partial charge is 0.353 e. The van der Waals surface area contributed by atoms with Crippen molar-refractivity contribution < 1.29 is 9.77 Å². The molecule has 0 unspecified atom stereocenters. The van der Waals surface area contributed by atoms with Gasteiger partial charge in [0.25, 0.3) is 6.26 Å². The molecule has 7 heteroatoms. The molecule has 6 nitrogen and oxygen atoms in total. The van der Waals surface area contributed by atoms with E-state index in [4.69, 9.17) is 5.26 Å². The van der Waals surface area contributed by atoms with Crippen LogP contribution in [-0.4, -0.2) is 10.2 Å². The summed E-state index contributed by atoms with van der Waals surface area (Å²) in [6, 6.07) is 0. The first-order chi connectivity index (χ1) is 4.16. The summed E-state index contributed by atoms with van der Waals surface area (Å²) in [6.07, 6.45) is 1.16. The minimum absolute atomic E-state index is 0.567. The number of nitro groups is 1. The number of thiocarbonyl (C=S) groups is 1. The summed E-state index contributed by atoms with van der Waals surface area (Å²) in [6.45, 7) is 0. The van der Waals surface area contributed by atoms with Gasteiger partial charge in [0.15, 0.2) is 5.03 Å². The van der Waals surface area contributed by atoms with Gasteiger partial charge in [-0.3, -0.25) is 0 Å². The van der Waals surface area contributed by atoms with Crippen LogP contribution in [-0.2, 0) is 4.74 Å². The number of nitrogens with one attached hydrogen (secondary N) is 1. The molecule has 0 aromatic carbocycles. The third kappa shape index (κ3) is 4.43. The number of nitriles is 1. The molecule has 0 aliphatic carbocycles. The molecule has 0 aliphatic rings. The van der Waals surface area contributed by atoms with Crippen molar-refractivity contribution in [2.75, 3.05) is 0 Å². The number of hydrogen-bond donors (Lipinski definition) is 1. The Hall–Kier alpha value is -1.42. The fraction of sp³-hybridized carbons (Fsp3) is 0. The van der Waals surface area contributed by atoms with Gasteiger partial charge >= 0.3 is 5.17 Å². The first-order valence-corrected chi connectivity index (χ1v) is 2.08. The number of hydrazine groups is 1. The van der Waals surface area contributed by atoms with Crippen LogP contribution < -0.4 is 5.43 Å². The van der Waals surface area contributed by atoms with Gasteiger partial charge < -0.3 is 4.74 Å². The van der Waals surface area contributed by atoms with Gasteiger partial charge in [0, 0.05) is 0 Å². The maximum Gasteiger partial charge on any atom is 0.333 e. The molecule has 48 valence electrons. The van der Waals surface area contributed by atoms with E-state index in [2.05, 4.69) is 17.0 Å². The number of rotatable bonds is 1. The lowest BCUT2D eigenvalue weighted by atomic mass is 11.2. The van der Waals surface area contributed by atoms with Crippen LogP contribution in [0.25, 0.3) is 0 Å². The van der Waals surface area contributed by atoms with Crippen molar-refractivity contribution in [2.24, 2.45) is 0 Å². The Morgan fingerprint density at radius 3 is 2.89 bits per heavy atom. The highest BCUT2D eigenvalue weighted by Crippen LogP contribution is 1.72. The van der Waals surface area contributed by atoms with E-state index in [0.717, 1.165) is 6.26 Å². The van der Waals surface area contributed by atoms with Crippen LogP contribution in [0, 0.1) is 21.6 Å². The highest BCUT2D eigenvalue weighted by Gasteiger charge is 2.00. The Bertz CT molecular complexity index is 172. The minimum Gasteiger partial charge on any atom is -0.353 e. The lowest BCUT2D eigenvalue weighted by Gasteiger charge is -1.90.